The van der Waals surface area contributed by atoms with Gasteiger partial charge >= 0.3 is 0 Å². The molecular formula is C11H24N2. The van der Waals surface area contributed by atoms with Crippen LogP contribution in [0.4, 0.5) is 0 Å². The normalized spacial score (nSPS) is 23.8. The Bertz CT molecular complexity index is 137. The Morgan fingerprint density at radius 2 is 1.85 bits per heavy atom. The lowest BCUT2D eigenvalue weighted by molar-refractivity contribution is 0.113. The molecule has 0 radical (unpaired) electrons. The SMILES string of the molecule is CC1CCN(C(CN)C(C)C)CC1. The highest BCUT2D eigenvalue weighted by Gasteiger charge is 2.23. The van der Waals surface area contributed by atoms with E-state index in [-0.39, 0.29) is 0 Å². The van der Waals surface area contributed by atoms with Gasteiger partial charge < -0.3 is 5.73 Å². The standard InChI is InChI=1S/C11H24N2/c1-9(2)11(8-12)13-6-4-10(3)5-7-13/h9-11H,4-8,12H2,1-3H3. The smallest absolute Gasteiger partial charge is 0.0241 e. The Balaban J connectivity index is 2.41. The van der Waals surface area contributed by atoms with Crippen LogP contribution >= 0.6 is 0 Å². The average molecular weight is 184 g/mol. The highest BCUT2D eigenvalue weighted by Crippen LogP contribution is 2.20. The van der Waals surface area contributed by atoms with Crippen molar-refractivity contribution in [2.24, 2.45) is 17.6 Å². The zero-order valence-electron chi connectivity index (χ0n) is 9.29. The Morgan fingerprint density at radius 1 is 1.31 bits per heavy atom. The Labute approximate surface area is 82.5 Å². The molecule has 0 amide bonds. The molecule has 1 heterocycles. The molecule has 0 saturated carbocycles. The van der Waals surface area contributed by atoms with Gasteiger partial charge in [0.15, 0.2) is 0 Å². The summed E-state index contributed by atoms with van der Waals surface area (Å²) in [6, 6.07) is 0.604. The van der Waals surface area contributed by atoms with E-state index in [1.54, 1.807) is 0 Å². The fourth-order valence-corrected chi connectivity index (χ4v) is 2.20. The van der Waals surface area contributed by atoms with Crippen LogP contribution in [0.1, 0.15) is 33.6 Å². The Kier molecular flexibility index (Phi) is 4.20. The van der Waals surface area contributed by atoms with Gasteiger partial charge in [-0.05, 0) is 37.8 Å². The fraction of sp³-hybridized carbons (Fsp3) is 1.00. The first-order valence-corrected chi connectivity index (χ1v) is 5.59. The summed E-state index contributed by atoms with van der Waals surface area (Å²) in [6.45, 7) is 10.2. The van der Waals surface area contributed by atoms with Crippen molar-refractivity contribution in [2.75, 3.05) is 19.6 Å². The number of hydrogen-bond donors (Lipinski definition) is 1. The third kappa shape index (κ3) is 2.96. The van der Waals surface area contributed by atoms with E-state index < -0.39 is 0 Å². The third-order valence-corrected chi connectivity index (χ3v) is 3.30. The van der Waals surface area contributed by atoms with Crippen molar-refractivity contribution in [2.45, 2.75) is 39.7 Å². The summed E-state index contributed by atoms with van der Waals surface area (Å²) >= 11 is 0. The second kappa shape index (κ2) is 4.97. The lowest BCUT2D eigenvalue weighted by Gasteiger charge is -2.38. The molecule has 1 aliphatic rings. The van der Waals surface area contributed by atoms with Gasteiger partial charge in [0, 0.05) is 12.6 Å². The van der Waals surface area contributed by atoms with Gasteiger partial charge in [0.2, 0.25) is 0 Å². The van der Waals surface area contributed by atoms with Crippen molar-refractivity contribution in [3.63, 3.8) is 0 Å². The first-order valence-electron chi connectivity index (χ1n) is 5.59. The molecular weight excluding hydrogens is 160 g/mol. The van der Waals surface area contributed by atoms with E-state index in [2.05, 4.69) is 25.7 Å². The molecule has 2 heteroatoms. The van der Waals surface area contributed by atoms with Crippen molar-refractivity contribution in [1.82, 2.24) is 4.90 Å². The quantitative estimate of drug-likeness (QED) is 0.723. The Morgan fingerprint density at radius 3 is 2.23 bits per heavy atom. The summed E-state index contributed by atoms with van der Waals surface area (Å²) in [6.07, 6.45) is 2.70. The molecule has 13 heavy (non-hydrogen) atoms. The number of likely N-dealkylation sites (tertiary alicyclic amines) is 1. The van der Waals surface area contributed by atoms with Crippen molar-refractivity contribution >= 4 is 0 Å². The average Bonchev–Trinajstić information content (AvgIpc) is 2.09. The van der Waals surface area contributed by atoms with Crippen molar-refractivity contribution in [1.29, 1.82) is 0 Å². The molecule has 1 unspecified atom stereocenters. The van der Waals surface area contributed by atoms with Crippen LogP contribution in [0.2, 0.25) is 0 Å². The maximum Gasteiger partial charge on any atom is 0.0241 e. The second-order valence-corrected chi connectivity index (χ2v) is 4.77. The van der Waals surface area contributed by atoms with Crippen LogP contribution in [0.25, 0.3) is 0 Å². The number of rotatable bonds is 3. The van der Waals surface area contributed by atoms with E-state index in [0.717, 1.165) is 12.5 Å². The van der Waals surface area contributed by atoms with Crippen LogP contribution in [0, 0.1) is 11.8 Å². The van der Waals surface area contributed by atoms with Gasteiger partial charge in [-0.3, -0.25) is 4.90 Å². The molecule has 2 N–H and O–H groups in total. The molecule has 0 bridgehead atoms. The first-order chi connectivity index (χ1) is 6.15. The molecule has 1 atom stereocenters. The minimum Gasteiger partial charge on any atom is -0.329 e. The third-order valence-electron chi connectivity index (χ3n) is 3.30. The van der Waals surface area contributed by atoms with Gasteiger partial charge in [0.1, 0.15) is 0 Å². The molecule has 1 saturated heterocycles. The van der Waals surface area contributed by atoms with Gasteiger partial charge in [-0.2, -0.15) is 0 Å². The summed E-state index contributed by atoms with van der Waals surface area (Å²) in [5, 5.41) is 0. The van der Waals surface area contributed by atoms with Crippen molar-refractivity contribution < 1.29 is 0 Å². The molecule has 1 rings (SSSR count). The van der Waals surface area contributed by atoms with E-state index >= 15 is 0 Å². The highest BCUT2D eigenvalue weighted by atomic mass is 15.2. The molecule has 1 fully saturated rings. The number of piperidine rings is 1. The van der Waals surface area contributed by atoms with Crippen LogP contribution in [0.5, 0.6) is 0 Å². The second-order valence-electron chi connectivity index (χ2n) is 4.77. The van der Waals surface area contributed by atoms with Gasteiger partial charge in [-0.1, -0.05) is 20.8 Å². The highest BCUT2D eigenvalue weighted by molar-refractivity contribution is 4.79. The number of hydrogen-bond acceptors (Lipinski definition) is 2. The molecule has 1 aliphatic heterocycles. The van der Waals surface area contributed by atoms with E-state index in [9.17, 15) is 0 Å². The van der Waals surface area contributed by atoms with Crippen LogP contribution < -0.4 is 5.73 Å². The van der Waals surface area contributed by atoms with Gasteiger partial charge in [-0.25, -0.2) is 0 Å². The van der Waals surface area contributed by atoms with Crippen LogP contribution in [0.3, 0.4) is 0 Å². The lowest BCUT2D eigenvalue weighted by Crippen LogP contribution is -2.47. The molecule has 78 valence electrons. The maximum atomic E-state index is 5.80. The van der Waals surface area contributed by atoms with Gasteiger partial charge in [0.25, 0.3) is 0 Å². The minimum atomic E-state index is 0.604. The summed E-state index contributed by atoms with van der Waals surface area (Å²) in [4.78, 5) is 2.57. The molecule has 0 aromatic carbocycles. The fourth-order valence-electron chi connectivity index (χ4n) is 2.20. The monoisotopic (exact) mass is 184 g/mol. The van der Waals surface area contributed by atoms with E-state index in [0.29, 0.717) is 12.0 Å². The predicted molar refractivity (Wildman–Crippen MR) is 57.7 cm³/mol. The minimum absolute atomic E-state index is 0.604. The molecule has 0 aromatic heterocycles. The largest absolute Gasteiger partial charge is 0.329 e. The molecule has 2 nitrogen and oxygen atoms in total. The van der Waals surface area contributed by atoms with Crippen molar-refractivity contribution in [3.05, 3.63) is 0 Å². The molecule has 0 spiro atoms. The summed E-state index contributed by atoms with van der Waals surface area (Å²) in [7, 11) is 0. The molecule has 0 aromatic rings. The topological polar surface area (TPSA) is 29.3 Å². The van der Waals surface area contributed by atoms with E-state index in [1.807, 2.05) is 0 Å². The van der Waals surface area contributed by atoms with E-state index in [1.165, 1.54) is 25.9 Å². The van der Waals surface area contributed by atoms with Crippen LogP contribution in [-0.2, 0) is 0 Å². The number of nitrogens with zero attached hydrogens (tertiary/aromatic N) is 1. The first kappa shape index (κ1) is 11.0. The Hall–Kier alpha value is -0.0800. The van der Waals surface area contributed by atoms with Gasteiger partial charge in [-0.15, -0.1) is 0 Å². The molecule has 0 aliphatic carbocycles. The van der Waals surface area contributed by atoms with Crippen LogP contribution in [-0.4, -0.2) is 30.6 Å². The van der Waals surface area contributed by atoms with E-state index in [4.69, 9.17) is 5.73 Å². The zero-order chi connectivity index (χ0) is 9.84. The predicted octanol–water partition coefficient (Wildman–Crippen LogP) is 1.70. The van der Waals surface area contributed by atoms with Gasteiger partial charge in [0.05, 0.1) is 0 Å². The number of nitrogens with two attached hydrogens (primary N) is 1. The lowest BCUT2D eigenvalue weighted by atomic mass is 9.94. The zero-order valence-corrected chi connectivity index (χ0v) is 9.29. The summed E-state index contributed by atoms with van der Waals surface area (Å²) in [5.74, 6) is 1.61. The van der Waals surface area contributed by atoms with Crippen molar-refractivity contribution in [3.8, 4) is 0 Å². The summed E-state index contributed by atoms with van der Waals surface area (Å²) < 4.78 is 0. The maximum absolute atomic E-state index is 5.80. The summed E-state index contributed by atoms with van der Waals surface area (Å²) in [5.41, 5.74) is 5.80. The van der Waals surface area contributed by atoms with Crippen LogP contribution in [0.15, 0.2) is 0 Å².